The van der Waals surface area contributed by atoms with Crippen LogP contribution in [0.4, 0.5) is 0 Å². The van der Waals surface area contributed by atoms with Crippen LogP contribution in [0, 0.1) is 0 Å². The zero-order chi connectivity index (χ0) is 13.1. The number of rotatable bonds is 4. The van der Waals surface area contributed by atoms with Crippen LogP contribution in [0.25, 0.3) is 0 Å². The summed E-state index contributed by atoms with van der Waals surface area (Å²) in [6, 6.07) is 0. The third-order valence-electron chi connectivity index (χ3n) is 2.13. The number of hydrogen-bond donors (Lipinski definition) is 2. The molecule has 5 nitrogen and oxygen atoms in total. The van der Waals surface area contributed by atoms with Gasteiger partial charge in [-0.25, -0.2) is 4.98 Å². The van der Waals surface area contributed by atoms with Crippen molar-refractivity contribution in [3.05, 3.63) is 27.4 Å². The van der Waals surface area contributed by atoms with Crippen molar-refractivity contribution in [1.29, 1.82) is 0 Å². The molecule has 0 spiro atoms. The molecule has 2 N–H and O–H groups in total. The summed E-state index contributed by atoms with van der Waals surface area (Å²) < 4.78 is 1.79. The van der Waals surface area contributed by atoms with Gasteiger partial charge in [-0.1, -0.05) is 0 Å². The predicted octanol–water partition coefficient (Wildman–Crippen LogP) is 0.755. The molecular weight excluding hydrogens is 286 g/mol. The standard InChI is InChI=1S/C11H18BrN3O2/c1-11(2,3)14-4-8(16)6-15-7-13-5-9(12)10(15)17/h5,7-8,14,16H,4,6H2,1-3H3. The zero-order valence-corrected chi connectivity index (χ0v) is 11.9. The van der Waals surface area contributed by atoms with Gasteiger partial charge in [-0.2, -0.15) is 0 Å². The minimum atomic E-state index is -0.622. The Hall–Kier alpha value is -0.720. The lowest BCUT2D eigenvalue weighted by molar-refractivity contribution is 0.140. The smallest absolute Gasteiger partial charge is 0.267 e. The summed E-state index contributed by atoms with van der Waals surface area (Å²) in [4.78, 5) is 15.5. The first-order valence-corrected chi connectivity index (χ1v) is 6.22. The molecule has 0 aliphatic rings. The fourth-order valence-corrected chi connectivity index (χ4v) is 1.62. The first-order chi connectivity index (χ1) is 7.79. The number of nitrogens with one attached hydrogen (secondary N) is 1. The molecule has 96 valence electrons. The van der Waals surface area contributed by atoms with Gasteiger partial charge in [-0.15, -0.1) is 0 Å². The lowest BCUT2D eigenvalue weighted by Gasteiger charge is -2.23. The van der Waals surface area contributed by atoms with Gasteiger partial charge in [0.1, 0.15) is 4.47 Å². The molecule has 0 saturated heterocycles. The quantitative estimate of drug-likeness (QED) is 0.861. The van der Waals surface area contributed by atoms with E-state index in [-0.39, 0.29) is 17.6 Å². The predicted molar refractivity (Wildman–Crippen MR) is 70.0 cm³/mol. The lowest BCUT2D eigenvalue weighted by Crippen LogP contribution is -2.42. The van der Waals surface area contributed by atoms with Crippen LogP contribution in [0.5, 0.6) is 0 Å². The molecule has 1 atom stereocenters. The van der Waals surface area contributed by atoms with E-state index in [9.17, 15) is 9.90 Å². The van der Waals surface area contributed by atoms with Gasteiger partial charge in [0.2, 0.25) is 0 Å². The van der Waals surface area contributed by atoms with Gasteiger partial charge < -0.3 is 10.4 Å². The van der Waals surface area contributed by atoms with Crippen molar-refractivity contribution in [3.63, 3.8) is 0 Å². The number of hydrogen-bond acceptors (Lipinski definition) is 4. The molecule has 1 unspecified atom stereocenters. The van der Waals surface area contributed by atoms with E-state index in [1.807, 2.05) is 20.8 Å². The number of aromatic nitrogens is 2. The van der Waals surface area contributed by atoms with E-state index in [2.05, 4.69) is 26.2 Å². The second-order valence-electron chi connectivity index (χ2n) is 4.98. The highest BCUT2D eigenvalue weighted by molar-refractivity contribution is 9.10. The van der Waals surface area contributed by atoms with Crippen LogP contribution in [0.15, 0.2) is 21.8 Å². The summed E-state index contributed by atoms with van der Waals surface area (Å²) in [5, 5.41) is 13.0. The van der Waals surface area contributed by atoms with E-state index in [4.69, 9.17) is 0 Å². The van der Waals surface area contributed by atoms with Gasteiger partial charge in [-0.05, 0) is 36.7 Å². The van der Waals surface area contributed by atoms with Crippen LogP contribution in [0.2, 0.25) is 0 Å². The average molecular weight is 304 g/mol. The highest BCUT2D eigenvalue weighted by Gasteiger charge is 2.13. The van der Waals surface area contributed by atoms with E-state index in [1.165, 1.54) is 17.1 Å². The highest BCUT2D eigenvalue weighted by Crippen LogP contribution is 2.01. The summed E-state index contributed by atoms with van der Waals surface area (Å²) in [5.41, 5.74) is -0.239. The molecule has 1 rings (SSSR count). The lowest BCUT2D eigenvalue weighted by atomic mass is 10.1. The topological polar surface area (TPSA) is 67.2 Å². The number of aliphatic hydroxyl groups is 1. The number of halogens is 1. The first-order valence-electron chi connectivity index (χ1n) is 5.42. The molecule has 1 aromatic heterocycles. The van der Waals surface area contributed by atoms with E-state index in [0.29, 0.717) is 11.0 Å². The van der Waals surface area contributed by atoms with Gasteiger partial charge >= 0.3 is 0 Å². The third kappa shape index (κ3) is 4.97. The summed E-state index contributed by atoms with van der Waals surface area (Å²) >= 11 is 3.11. The summed E-state index contributed by atoms with van der Waals surface area (Å²) in [6.45, 7) is 6.72. The number of nitrogens with zero attached hydrogens (tertiary/aromatic N) is 2. The van der Waals surface area contributed by atoms with Gasteiger partial charge in [0.15, 0.2) is 0 Å². The molecular formula is C11H18BrN3O2. The summed E-state index contributed by atoms with van der Waals surface area (Å²) in [6.07, 6.45) is 2.24. The van der Waals surface area contributed by atoms with Crippen molar-refractivity contribution in [2.45, 2.75) is 39.0 Å². The minimum Gasteiger partial charge on any atom is -0.390 e. The van der Waals surface area contributed by atoms with E-state index < -0.39 is 6.10 Å². The van der Waals surface area contributed by atoms with Crippen LogP contribution >= 0.6 is 15.9 Å². The maximum absolute atomic E-state index is 11.6. The maximum Gasteiger partial charge on any atom is 0.267 e. The third-order valence-corrected chi connectivity index (χ3v) is 2.68. The van der Waals surface area contributed by atoms with Gasteiger partial charge in [0, 0.05) is 18.3 Å². The van der Waals surface area contributed by atoms with Crippen LogP contribution in [0.3, 0.4) is 0 Å². The largest absolute Gasteiger partial charge is 0.390 e. The molecule has 1 aromatic rings. The van der Waals surface area contributed by atoms with Crippen molar-refractivity contribution in [1.82, 2.24) is 14.9 Å². The van der Waals surface area contributed by atoms with Crippen LogP contribution in [-0.4, -0.2) is 32.8 Å². The summed E-state index contributed by atoms with van der Waals surface area (Å²) in [5.74, 6) is 0. The molecule has 0 fully saturated rings. The second-order valence-corrected chi connectivity index (χ2v) is 5.84. The highest BCUT2D eigenvalue weighted by atomic mass is 79.9. The Morgan fingerprint density at radius 1 is 1.59 bits per heavy atom. The SMILES string of the molecule is CC(C)(C)NCC(O)Cn1cncc(Br)c1=O. The van der Waals surface area contributed by atoms with Gasteiger partial charge in [-0.3, -0.25) is 9.36 Å². The second kappa shape index (κ2) is 5.75. The molecule has 0 radical (unpaired) electrons. The van der Waals surface area contributed by atoms with Crippen LogP contribution in [0.1, 0.15) is 20.8 Å². The number of aliphatic hydroxyl groups excluding tert-OH is 1. The van der Waals surface area contributed by atoms with Crippen molar-refractivity contribution in [2.24, 2.45) is 0 Å². The minimum absolute atomic E-state index is 0.0541. The molecule has 17 heavy (non-hydrogen) atoms. The molecule has 0 amide bonds. The molecule has 1 heterocycles. The van der Waals surface area contributed by atoms with E-state index >= 15 is 0 Å². The molecule has 6 heteroatoms. The summed E-state index contributed by atoms with van der Waals surface area (Å²) in [7, 11) is 0. The Balaban J connectivity index is 2.60. The van der Waals surface area contributed by atoms with Crippen molar-refractivity contribution in [3.8, 4) is 0 Å². The van der Waals surface area contributed by atoms with Gasteiger partial charge in [0.25, 0.3) is 5.56 Å². The monoisotopic (exact) mass is 303 g/mol. The maximum atomic E-state index is 11.6. The molecule has 0 saturated carbocycles. The van der Waals surface area contributed by atoms with Crippen molar-refractivity contribution >= 4 is 15.9 Å². The van der Waals surface area contributed by atoms with Crippen LogP contribution in [-0.2, 0) is 6.54 Å². The molecule has 0 bridgehead atoms. The van der Waals surface area contributed by atoms with Crippen LogP contribution < -0.4 is 10.9 Å². The fourth-order valence-electron chi connectivity index (χ4n) is 1.27. The average Bonchev–Trinajstić information content (AvgIpc) is 2.21. The molecule has 0 aliphatic heterocycles. The van der Waals surface area contributed by atoms with Crippen molar-refractivity contribution in [2.75, 3.05) is 6.54 Å². The fraction of sp³-hybridized carbons (Fsp3) is 0.636. The zero-order valence-electron chi connectivity index (χ0n) is 10.3. The Morgan fingerprint density at radius 2 is 2.24 bits per heavy atom. The molecule has 0 aromatic carbocycles. The first kappa shape index (κ1) is 14.3. The van der Waals surface area contributed by atoms with Gasteiger partial charge in [0.05, 0.1) is 19.0 Å². The van der Waals surface area contributed by atoms with E-state index in [1.54, 1.807) is 0 Å². The Kier molecular flexibility index (Phi) is 4.85. The number of β-amino-alcohol motifs (C(OH)–C–C–N with tert-alkyl or cyclic N) is 1. The normalized spacial score (nSPS) is 13.7. The van der Waals surface area contributed by atoms with Crippen molar-refractivity contribution < 1.29 is 5.11 Å². The Morgan fingerprint density at radius 3 is 2.82 bits per heavy atom. The molecule has 0 aliphatic carbocycles. The Labute approximate surface area is 109 Å². The Bertz CT molecular complexity index is 425. The van der Waals surface area contributed by atoms with E-state index in [0.717, 1.165) is 0 Å².